The number of hydrogen-bond acceptors (Lipinski definition) is 13. The highest BCUT2D eigenvalue weighted by molar-refractivity contribution is 8.00. The van der Waals surface area contributed by atoms with Crippen molar-refractivity contribution in [2.45, 2.75) is 32.2 Å². The van der Waals surface area contributed by atoms with Gasteiger partial charge in [-0.1, -0.05) is 5.16 Å². The largest absolute Gasteiger partial charge is 0.427 e. The summed E-state index contributed by atoms with van der Waals surface area (Å²) in [6.45, 7) is 4.40. The molecule has 0 radical (unpaired) electrons. The minimum absolute atomic E-state index is 0.0298. The third-order valence-electron chi connectivity index (χ3n) is 5.35. The average Bonchev–Trinajstić information content (AvgIpc) is 3.36. The number of oxime groups is 1. The number of carbonyl (C=O) groups excluding carboxylic acids is 5. The molecule has 40 heavy (non-hydrogen) atoms. The summed E-state index contributed by atoms with van der Waals surface area (Å²) in [6.07, 6.45) is 0. The Hall–Kier alpha value is -3.21. The first-order valence-corrected chi connectivity index (χ1v) is 14.1. The molecule has 1 aromatic heterocycles. The number of alkyl halides is 1. The number of thiazole rings is 1. The normalized spacial score (nSPS) is 18.9. The summed E-state index contributed by atoms with van der Waals surface area (Å²) >= 11 is 7.85. The predicted octanol–water partition coefficient (Wildman–Crippen LogP) is 1.06. The number of anilines is 1. The maximum atomic E-state index is 13.2. The number of hydrogen-bond donors (Lipinski definition) is 2. The third kappa shape index (κ3) is 7.10. The van der Waals surface area contributed by atoms with Crippen molar-refractivity contribution in [2.24, 2.45) is 10.6 Å². The number of amides is 3. The lowest BCUT2D eigenvalue weighted by Gasteiger charge is -2.49. The van der Waals surface area contributed by atoms with Crippen LogP contribution in [0.2, 0.25) is 0 Å². The Bertz CT molecular complexity index is 1240. The van der Waals surface area contributed by atoms with Gasteiger partial charge in [0.15, 0.2) is 10.8 Å². The van der Waals surface area contributed by atoms with Gasteiger partial charge in [0.1, 0.15) is 35.8 Å². The SMILES string of the molecule is COCC1=C(C(=O)OCOC(=O)C(C)(C)C)N2C(=O)C(NC(=O)C(=NOC)c3csc(NC(=O)CCl)n3)[C@H]2SC1. The topological polar surface area (TPSA) is 175 Å². The fourth-order valence-corrected chi connectivity index (χ4v) is 5.58. The molecule has 3 rings (SSSR count). The molecule has 218 valence electrons. The molecule has 0 spiro atoms. The van der Waals surface area contributed by atoms with Gasteiger partial charge in [0.2, 0.25) is 12.7 Å². The molecule has 0 bridgehead atoms. The second-order valence-corrected chi connectivity index (χ2v) is 11.6. The van der Waals surface area contributed by atoms with Gasteiger partial charge in [-0.2, -0.15) is 0 Å². The molecule has 1 fully saturated rings. The van der Waals surface area contributed by atoms with E-state index in [0.717, 1.165) is 11.3 Å². The van der Waals surface area contributed by atoms with Gasteiger partial charge in [0, 0.05) is 18.2 Å². The van der Waals surface area contributed by atoms with E-state index in [4.69, 9.17) is 30.6 Å². The second-order valence-electron chi connectivity index (χ2n) is 9.32. The lowest BCUT2D eigenvalue weighted by molar-refractivity contribution is -0.173. The molecule has 2 N–H and O–H groups in total. The van der Waals surface area contributed by atoms with Gasteiger partial charge < -0.3 is 29.7 Å². The van der Waals surface area contributed by atoms with E-state index in [-0.39, 0.29) is 34.7 Å². The van der Waals surface area contributed by atoms with Crippen molar-refractivity contribution in [3.05, 3.63) is 22.3 Å². The van der Waals surface area contributed by atoms with Gasteiger partial charge in [-0.3, -0.25) is 24.1 Å². The minimum Gasteiger partial charge on any atom is -0.427 e. The van der Waals surface area contributed by atoms with Crippen molar-refractivity contribution in [1.29, 1.82) is 0 Å². The standard InChI is InChI=1S/C23H28ClN5O9S2/c1-23(2,3)21(34)38-10-37-20(33)16-11(7-35-4)8-39-19-15(18(32)29(16)19)27-17(31)14(28-36-5)12-9-40-22(25-12)26-13(30)6-24/h9,15,19H,6-8,10H2,1-5H3,(H,27,31)(H,25,26,30)/t15?,19-/m1/s1. The van der Waals surface area contributed by atoms with Crippen LogP contribution in [-0.4, -0.2) is 95.9 Å². The Morgan fingerprint density at radius 3 is 2.58 bits per heavy atom. The van der Waals surface area contributed by atoms with Crippen LogP contribution in [0.4, 0.5) is 5.13 Å². The molecule has 1 saturated heterocycles. The lowest BCUT2D eigenvalue weighted by atomic mass is 9.98. The lowest BCUT2D eigenvalue weighted by Crippen LogP contribution is -2.71. The van der Waals surface area contributed by atoms with Crippen molar-refractivity contribution in [2.75, 3.05) is 44.6 Å². The fourth-order valence-electron chi connectivity index (χ4n) is 3.48. The van der Waals surface area contributed by atoms with E-state index in [1.165, 1.54) is 36.3 Å². The molecule has 2 atom stereocenters. The summed E-state index contributed by atoms with van der Waals surface area (Å²) < 4.78 is 15.3. The molecular weight excluding hydrogens is 590 g/mol. The van der Waals surface area contributed by atoms with Crippen LogP contribution < -0.4 is 10.6 Å². The molecule has 3 heterocycles. The number of rotatable bonds is 11. The molecule has 2 aliphatic heterocycles. The molecule has 1 unspecified atom stereocenters. The Balaban J connectivity index is 1.72. The van der Waals surface area contributed by atoms with Gasteiger partial charge in [0.25, 0.3) is 11.8 Å². The summed E-state index contributed by atoms with van der Waals surface area (Å²) in [5.41, 5.74) is -0.442. The molecule has 0 aliphatic carbocycles. The first-order valence-electron chi connectivity index (χ1n) is 11.7. The van der Waals surface area contributed by atoms with Gasteiger partial charge >= 0.3 is 11.9 Å². The van der Waals surface area contributed by atoms with Crippen LogP contribution in [0.1, 0.15) is 26.5 Å². The number of aromatic nitrogens is 1. The average molecular weight is 618 g/mol. The summed E-state index contributed by atoms with van der Waals surface area (Å²) in [4.78, 5) is 72.9. The number of esters is 2. The molecule has 0 saturated carbocycles. The maximum Gasteiger partial charge on any atom is 0.358 e. The van der Waals surface area contributed by atoms with Gasteiger partial charge in [-0.05, 0) is 26.3 Å². The van der Waals surface area contributed by atoms with E-state index < -0.39 is 53.3 Å². The van der Waals surface area contributed by atoms with Crippen molar-refractivity contribution < 1.29 is 43.0 Å². The fraction of sp³-hybridized carbons (Fsp3) is 0.522. The van der Waals surface area contributed by atoms with Gasteiger partial charge in [0.05, 0.1) is 12.0 Å². The molecule has 0 aromatic carbocycles. The smallest absolute Gasteiger partial charge is 0.358 e. The molecule has 3 amide bonds. The highest BCUT2D eigenvalue weighted by atomic mass is 35.5. The van der Waals surface area contributed by atoms with Crippen LogP contribution in [0.15, 0.2) is 21.8 Å². The van der Waals surface area contributed by atoms with Gasteiger partial charge in [-0.25, -0.2) is 9.78 Å². The number of halogens is 1. The molecule has 2 aliphatic rings. The van der Waals surface area contributed by atoms with E-state index in [9.17, 15) is 24.0 Å². The number of ether oxygens (including phenoxy) is 3. The number of thioether (sulfide) groups is 1. The van der Waals surface area contributed by atoms with Crippen molar-refractivity contribution >= 4 is 75.2 Å². The highest BCUT2D eigenvalue weighted by Crippen LogP contribution is 2.40. The number of nitrogens with zero attached hydrogens (tertiary/aromatic N) is 3. The van der Waals surface area contributed by atoms with E-state index in [2.05, 4.69) is 20.8 Å². The van der Waals surface area contributed by atoms with Crippen LogP contribution in [0.25, 0.3) is 0 Å². The van der Waals surface area contributed by atoms with Crippen molar-refractivity contribution in [3.63, 3.8) is 0 Å². The van der Waals surface area contributed by atoms with E-state index in [1.54, 1.807) is 20.8 Å². The number of fused-ring (bicyclic) bond motifs is 1. The van der Waals surface area contributed by atoms with Crippen LogP contribution in [0, 0.1) is 5.41 Å². The Morgan fingerprint density at radius 2 is 1.95 bits per heavy atom. The minimum atomic E-state index is -1.00. The predicted molar refractivity (Wildman–Crippen MR) is 145 cm³/mol. The van der Waals surface area contributed by atoms with E-state index in [1.807, 2.05) is 0 Å². The Kier molecular flexibility index (Phi) is 10.5. The first-order chi connectivity index (χ1) is 18.9. The zero-order valence-electron chi connectivity index (χ0n) is 22.3. The van der Waals surface area contributed by atoms with Crippen LogP contribution in [-0.2, 0) is 43.0 Å². The third-order valence-corrected chi connectivity index (χ3v) is 7.69. The molecular formula is C23H28ClN5O9S2. The Labute approximate surface area is 242 Å². The molecule has 17 heteroatoms. The first kappa shape index (κ1) is 31.3. The summed E-state index contributed by atoms with van der Waals surface area (Å²) in [5.74, 6) is -3.19. The van der Waals surface area contributed by atoms with Crippen molar-refractivity contribution in [1.82, 2.24) is 15.2 Å². The number of methoxy groups -OCH3 is 1. The molecule has 14 nitrogen and oxygen atoms in total. The number of carbonyl (C=O) groups is 5. The summed E-state index contributed by atoms with van der Waals surface area (Å²) in [6, 6.07) is -1.00. The van der Waals surface area contributed by atoms with Gasteiger partial charge in [-0.15, -0.1) is 34.7 Å². The van der Waals surface area contributed by atoms with E-state index in [0.29, 0.717) is 11.3 Å². The quantitative estimate of drug-likeness (QED) is 0.0907. The van der Waals surface area contributed by atoms with E-state index >= 15 is 0 Å². The van der Waals surface area contributed by atoms with Crippen LogP contribution in [0.3, 0.4) is 0 Å². The maximum absolute atomic E-state index is 13.2. The monoisotopic (exact) mass is 617 g/mol. The van der Waals surface area contributed by atoms with Crippen LogP contribution in [0.5, 0.6) is 0 Å². The highest BCUT2D eigenvalue weighted by Gasteiger charge is 2.54. The zero-order valence-corrected chi connectivity index (χ0v) is 24.7. The Morgan fingerprint density at radius 1 is 1.23 bits per heavy atom. The van der Waals surface area contributed by atoms with Crippen molar-refractivity contribution in [3.8, 4) is 0 Å². The van der Waals surface area contributed by atoms with Crippen LogP contribution >= 0.6 is 34.7 Å². The number of nitrogens with one attached hydrogen (secondary N) is 2. The number of β-lactam (4-membered cyclic amide) rings is 1. The summed E-state index contributed by atoms with van der Waals surface area (Å²) in [7, 11) is 2.68. The summed E-state index contributed by atoms with van der Waals surface area (Å²) in [5, 5.41) is 9.85. The zero-order chi connectivity index (χ0) is 29.6. The second kappa shape index (κ2) is 13.4. The molecule has 1 aromatic rings.